The summed E-state index contributed by atoms with van der Waals surface area (Å²) in [4.78, 5) is 20.4. The smallest absolute Gasteiger partial charge is 0.299 e. The summed E-state index contributed by atoms with van der Waals surface area (Å²) in [5, 5.41) is 2.36. The minimum absolute atomic E-state index is 0.00577. The number of nitrogens with two attached hydrogens (primary N) is 1. The first-order valence-corrected chi connectivity index (χ1v) is 9.52. The first-order valence-electron chi connectivity index (χ1n) is 9.52. The highest BCUT2D eigenvalue weighted by atomic mass is 19.3. The molecule has 0 spiro atoms. The highest BCUT2D eigenvalue weighted by Crippen LogP contribution is 2.44. The Morgan fingerprint density at radius 1 is 1.34 bits per heavy atom. The molecule has 1 aliphatic heterocycles. The molecule has 1 aromatic heterocycles. The molecule has 0 saturated heterocycles. The number of hydrogen-bond acceptors (Lipinski definition) is 6. The van der Waals surface area contributed by atoms with Crippen LogP contribution in [0.5, 0.6) is 0 Å². The Morgan fingerprint density at radius 2 is 2.12 bits per heavy atom. The van der Waals surface area contributed by atoms with Crippen molar-refractivity contribution in [1.82, 2.24) is 4.98 Å². The van der Waals surface area contributed by atoms with Crippen molar-refractivity contribution in [2.45, 2.75) is 18.4 Å². The maximum Gasteiger partial charge on any atom is 0.299 e. The number of amides is 1. The zero-order valence-corrected chi connectivity index (χ0v) is 17.4. The van der Waals surface area contributed by atoms with Crippen LogP contribution in [0.2, 0.25) is 0 Å². The van der Waals surface area contributed by atoms with Crippen LogP contribution in [0.4, 0.5) is 18.9 Å². The Morgan fingerprint density at radius 3 is 2.81 bits per heavy atom. The first kappa shape index (κ1) is 23.2. The van der Waals surface area contributed by atoms with E-state index in [0.29, 0.717) is 5.56 Å². The molecule has 7 nitrogen and oxygen atoms in total. The number of nitrogens with zero attached hydrogens (tertiary/aromatic N) is 2. The number of pyridine rings is 1. The van der Waals surface area contributed by atoms with E-state index in [2.05, 4.69) is 27.1 Å². The number of nitrogens with one attached hydrogen (secondary N) is 1. The van der Waals surface area contributed by atoms with Crippen molar-refractivity contribution in [3.05, 3.63) is 59.2 Å². The summed E-state index contributed by atoms with van der Waals surface area (Å²) in [7, 11) is 1.51. The maximum atomic E-state index is 15.3. The molecule has 0 unspecified atom stereocenters. The van der Waals surface area contributed by atoms with Gasteiger partial charge in [0.25, 0.3) is 11.8 Å². The second-order valence-corrected chi connectivity index (χ2v) is 7.16. The maximum absolute atomic E-state index is 15.3. The molecule has 168 valence electrons. The molecule has 2 aromatic rings. The SMILES string of the molecule is COCC#Cc1ccc(C(=O)Nc2cccc([C@@]3(C)N=C(N)COCC3(F)F)c2F)nc1. The average Bonchev–Trinajstić information content (AvgIpc) is 2.85. The fourth-order valence-electron chi connectivity index (χ4n) is 3.09. The van der Waals surface area contributed by atoms with Gasteiger partial charge in [-0.15, -0.1) is 0 Å². The van der Waals surface area contributed by atoms with Crippen molar-refractivity contribution in [2.75, 3.05) is 32.2 Å². The van der Waals surface area contributed by atoms with Gasteiger partial charge in [-0.3, -0.25) is 9.79 Å². The predicted octanol–water partition coefficient (Wildman–Crippen LogP) is 2.71. The number of benzene rings is 1. The molecule has 1 aliphatic rings. The molecular weight excluding hydrogens is 425 g/mol. The third-order valence-electron chi connectivity index (χ3n) is 4.83. The summed E-state index contributed by atoms with van der Waals surface area (Å²) in [6.07, 6.45) is 1.38. The lowest BCUT2D eigenvalue weighted by atomic mass is 9.85. The number of anilines is 1. The van der Waals surface area contributed by atoms with E-state index in [1.54, 1.807) is 6.07 Å². The van der Waals surface area contributed by atoms with Crippen LogP contribution in [-0.4, -0.2) is 49.6 Å². The molecule has 0 fully saturated rings. The number of halogens is 3. The van der Waals surface area contributed by atoms with Crippen LogP contribution >= 0.6 is 0 Å². The van der Waals surface area contributed by atoms with Gasteiger partial charge in [0.1, 0.15) is 31.4 Å². The number of aromatic nitrogens is 1. The van der Waals surface area contributed by atoms with E-state index < -0.39 is 35.4 Å². The van der Waals surface area contributed by atoms with Gasteiger partial charge in [0, 0.05) is 24.4 Å². The van der Waals surface area contributed by atoms with Crippen molar-refractivity contribution >= 4 is 17.4 Å². The van der Waals surface area contributed by atoms with Crippen molar-refractivity contribution in [1.29, 1.82) is 0 Å². The minimum Gasteiger partial charge on any atom is -0.385 e. The normalized spacial score (nSPS) is 19.8. The molecule has 32 heavy (non-hydrogen) atoms. The highest BCUT2D eigenvalue weighted by Gasteiger charge is 2.54. The van der Waals surface area contributed by atoms with Gasteiger partial charge < -0.3 is 20.5 Å². The lowest BCUT2D eigenvalue weighted by Crippen LogP contribution is -2.45. The van der Waals surface area contributed by atoms with Crippen LogP contribution in [-0.2, 0) is 15.0 Å². The Hall–Kier alpha value is -3.42. The van der Waals surface area contributed by atoms with Gasteiger partial charge in [0.05, 0.1) is 5.69 Å². The molecule has 1 atom stereocenters. The lowest BCUT2D eigenvalue weighted by molar-refractivity contribution is -0.116. The zero-order chi connectivity index (χ0) is 23.4. The van der Waals surface area contributed by atoms with E-state index in [1.165, 1.54) is 37.6 Å². The molecule has 0 bridgehead atoms. The Kier molecular flexibility index (Phi) is 6.81. The Balaban J connectivity index is 1.88. The molecule has 1 aromatic carbocycles. The molecule has 0 radical (unpaired) electrons. The van der Waals surface area contributed by atoms with Gasteiger partial charge >= 0.3 is 0 Å². The van der Waals surface area contributed by atoms with Crippen molar-refractivity contribution < 1.29 is 27.4 Å². The predicted molar refractivity (Wildman–Crippen MR) is 112 cm³/mol. The Bertz CT molecular complexity index is 1090. The zero-order valence-electron chi connectivity index (χ0n) is 17.4. The van der Waals surface area contributed by atoms with Gasteiger partial charge in [-0.25, -0.2) is 18.2 Å². The first-order chi connectivity index (χ1) is 15.2. The van der Waals surface area contributed by atoms with E-state index in [4.69, 9.17) is 15.2 Å². The van der Waals surface area contributed by atoms with Crippen LogP contribution in [0.15, 0.2) is 41.5 Å². The van der Waals surface area contributed by atoms with E-state index in [9.17, 15) is 13.6 Å². The number of methoxy groups -OCH3 is 1. The molecule has 0 aliphatic carbocycles. The third kappa shape index (κ3) is 4.74. The summed E-state index contributed by atoms with van der Waals surface area (Å²) in [6, 6.07) is 6.75. The van der Waals surface area contributed by atoms with Gasteiger partial charge in [-0.2, -0.15) is 0 Å². The number of ether oxygens (including phenoxy) is 2. The number of aliphatic imine (C=N–C) groups is 1. The summed E-state index contributed by atoms with van der Waals surface area (Å²) in [5.41, 5.74) is 3.15. The quantitative estimate of drug-likeness (QED) is 0.704. The van der Waals surface area contributed by atoms with Crippen LogP contribution in [0.3, 0.4) is 0 Å². The number of amidine groups is 1. The highest BCUT2D eigenvalue weighted by molar-refractivity contribution is 6.03. The molecule has 3 rings (SSSR count). The summed E-state index contributed by atoms with van der Waals surface area (Å²) < 4.78 is 54.5. The summed E-state index contributed by atoms with van der Waals surface area (Å²) in [6.45, 7) is 0.0507. The lowest BCUT2D eigenvalue weighted by Gasteiger charge is -2.33. The van der Waals surface area contributed by atoms with Gasteiger partial charge in [0.2, 0.25) is 0 Å². The van der Waals surface area contributed by atoms with Gasteiger partial charge in [0.15, 0.2) is 11.4 Å². The average molecular weight is 446 g/mol. The number of alkyl halides is 2. The largest absolute Gasteiger partial charge is 0.385 e. The van der Waals surface area contributed by atoms with Crippen molar-refractivity contribution in [3.8, 4) is 11.8 Å². The molecule has 2 heterocycles. The minimum atomic E-state index is -3.54. The standard InChI is InChI=1S/C22H21F3N4O3/c1-21(22(24,25)13-32-12-18(26)29-21)15-6-3-7-16(19(15)23)28-20(30)17-9-8-14(11-27-17)5-4-10-31-2/h3,6-9,11H,10,12-13H2,1-2H3,(H2,26,29)(H,28,30)/t21-/m1/s1. The topological polar surface area (TPSA) is 98.8 Å². The van der Waals surface area contributed by atoms with E-state index in [-0.39, 0.29) is 30.4 Å². The fourth-order valence-corrected chi connectivity index (χ4v) is 3.09. The number of hydrogen-bond donors (Lipinski definition) is 2. The van der Waals surface area contributed by atoms with E-state index in [0.717, 1.165) is 6.92 Å². The number of carbonyl (C=O) groups is 1. The van der Waals surface area contributed by atoms with Gasteiger partial charge in [-0.05, 0) is 25.1 Å². The molecule has 3 N–H and O–H groups in total. The van der Waals surface area contributed by atoms with Crippen LogP contribution in [0.25, 0.3) is 0 Å². The van der Waals surface area contributed by atoms with Crippen molar-refractivity contribution in [3.63, 3.8) is 0 Å². The number of carbonyl (C=O) groups excluding carboxylic acids is 1. The molecule has 1 amide bonds. The summed E-state index contributed by atoms with van der Waals surface area (Å²) in [5.74, 6) is 0.0524. The molecular formula is C22H21F3N4O3. The third-order valence-corrected chi connectivity index (χ3v) is 4.83. The van der Waals surface area contributed by atoms with E-state index >= 15 is 4.39 Å². The monoisotopic (exact) mass is 446 g/mol. The second-order valence-electron chi connectivity index (χ2n) is 7.16. The molecule has 10 heteroatoms. The summed E-state index contributed by atoms with van der Waals surface area (Å²) >= 11 is 0. The van der Waals surface area contributed by atoms with Crippen molar-refractivity contribution in [2.24, 2.45) is 10.7 Å². The van der Waals surface area contributed by atoms with Crippen LogP contribution in [0, 0.1) is 17.7 Å². The van der Waals surface area contributed by atoms with Crippen LogP contribution in [0.1, 0.15) is 28.5 Å². The Labute approximate surface area is 182 Å². The van der Waals surface area contributed by atoms with Crippen LogP contribution < -0.4 is 11.1 Å². The second kappa shape index (κ2) is 9.38. The number of rotatable bonds is 4. The van der Waals surface area contributed by atoms with Gasteiger partial charge in [-0.1, -0.05) is 24.0 Å². The fraction of sp³-hybridized carbons (Fsp3) is 0.318. The van der Waals surface area contributed by atoms with E-state index in [1.807, 2.05) is 0 Å². The molecule has 0 saturated carbocycles.